The summed E-state index contributed by atoms with van der Waals surface area (Å²) in [6.45, 7) is 0. The van der Waals surface area contributed by atoms with Crippen molar-refractivity contribution in [3.8, 4) is 12.3 Å². The van der Waals surface area contributed by atoms with Crippen LogP contribution in [0.2, 0.25) is 0 Å². The fraction of sp³-hybridized carbons (Fsp3) is 0.818. The number of hydrogen-bond acceptors (Lipinski definition) is 1. The Labute approximate surface area is 75.7 Å². The summed E-state index contributed by atoms with van der Waals surface area (Å²) in [4.78, 5) is 0. The molecule has 12 heavy (non-hydrogen) atoms. The first-order valence-corrected chi connectivity index (χ1v) is 5.06. The molecule has 0 radical (unpaired) electrons. The summed E-state index contributed by atoms with van der Waals surface area (Å²) >= 11 is 0. The lowest BCUT2D eigenvalue weighted by Crippen LogP contribution is -2.28. The van der Waals surface area contributed by atoms with Crippen LogP contribution >= 0.6 is 0 Å². The van der Waals surface area contributed by atoms with Crippen molar-refractivity contribution in [2.24, 2.45) is 11.7 Å². The van der Waals surface area contributed by atoms with Gasteiger partial charge in [-0.05, 0) is 18.8 Å². The summed E-state index contributed by atoms with van der Waals surface area (Å²) in [5.74, 6) is 3.25. The first-order chi connectivity index (χ1) is 5.84. The molecule has 1 rings (SSSR count). The molecule has 68 valence electrons. The predicted molar refractivity (Wildman–Crippen MR) is 52.6 cm³/mol. The fourth-order valence-corrected chi connectivity index (χ4v) is 1.98. The average Bonchev–Trinajstić information content (AvgIpc) is 2.02. The Morgan fingerprint density at radius 2 is 1.58 bits per heavy atom. The maximum Gasteiger partial charge on any atom is 0.0690 e. The van der Waals surface area contributed by atoms with E-state index >= 15 is 0 Å². The van der Waals surface area contributed by atoms with Gasteiger partial charge in [-0.15, -0.1) is 6.42 Å². The van der Waals surface area contributed by atoms with Crippen molar-refractivity contribution in [3.63, 3.8) is 0 Å². The highest BCUT2D eigenvalue weighted by molar-refractivity contribution is 5.00. The van der Waals surface area contributed by atoms with E-state index in [2.05, 4.69) is 5.92 Å². The molecule has 0 aromatic rings. The molecule has 1 unspecified atom stereocenters. The highest BCUT2D eigenvalue weighted by Gasteiger charge is 2.16. The molecule has 0 heterocycles. The van der Waals surface area contributed by atoms with Crippen LogP contribution in [0.4, 0.5) is 0 Å². The summed E-state index contributed by atoms with van der Waals surface area (Å²) in [6, 6.07) is 0.00287. The van der Waals surface area contributed by atoms with Crippen molar-refractivity contribution in [2.45, 2.75) is 51.0 Å². The van der Waals surface area contributed by atoms with Crippen LogP contribution in [-0.4, -0.2) is 6.04 Å². The van der Waals surface area contributed by atoms with Crippen LogP contribution in [-0.2, 0) is 0 Å². The van der Waals surface area contributed by atoms with Crippen LogP contribution in [0.5, 0.6) is 0 Å². The second-order valence-corrected chi connectivity index (χ2v) is 3.80. The van der Waals surface area contributed by atoms with Gasteiger partial charge in [-0.1, -0.05) is 38.0 Å². The van der Waals surface area contributed by atoms with E-state index < -0.39 is 0 Å². The van der Waals surface area contributed by atoms with Crippen LogP contribution < -0.4 is 5.73 Å². The molecule has 1 aliphatic rings. The van der Waals surface area contributed by atoms with Gasteiger partial charge in [-0.3, -0.25) is 0 Å². The lowest BCUT2D eigenvalue weighted by atomic mass is 9.86. The minimum atomic E-state index is 0.00287. The molecule has 2 N–H and O–H groups in total. The fourth-order valence-electron chi connectivity index (χ4n) is 1.98. The lowest BCUT2D eigenvalue weighted by molar-refractivity contribution is 0.357. The Kier molecular flexibility index (Phi) is 4.18. The van der Waals surface area contributed by atoms with Crippen LogP contribution in [0.1, 0.15) is 44.9 Å². The van der Waals surface area contributed by atoms with Gasteiger partial charge in [-0.25, -0.2) is 0 Å². The van der Waals surface area contributed by atoms with Gasteiger partial charge < -0.3 is 5.73 Å². The molecule has 0 bridgehead atoms. The standard InChI is InChI=1S/C11H19N/c1-2-11(12)10-8-6-4-3-5-7-9-10/h1,10-11H,3-9,12H2. The summed E-state index contributed by atoms with van der Waals surface area (Å²) in [6.07, 6.45) is 14.6. The van der Waals surface area contributed by atoms with Gasteiger partial charge in [-0.2, -0.15) is 0 Å². The molecule has 1 nitrogen and oxygen atoms in total. The molecule has 1 saturated carbocycles. The van der Waals surface area contributed by atoms with Gasteiger partial charge in [0.25, 0.3) is 0 Å². The molecular formula is C11H19N. The molecule has 1 fully saturated rings. The Bertz CT molecular complexity index is 149. The Hall–Kier alpha value is -0.480. The summed E-state index contributed by atoms with van der Waals surface area (Å²) < 4.78 is 0. The molecule has 1 atom stereocenters. The van der Waals surface area contributed by atoms with E-state index in [-0.39, 0.29) is 6.04 Å². The molecule has 1 aliphatic carbocycles. The monoisotopic (exact) mass is 165 g/mol. The van der Waals surface area contributed by atoms with E-state index in [1.807, 2.05) is 0 Å². The Morgan fingerprint density at radius 3 is 2.08 bits per heavy atom. The van der Waals surface area contributed by atoms with E-state index in [1.165, 1.54) is 44.9 Å². The first-order valence-electron chi connectivity index (χ1n) is 5.06. The minimum Gasteiger partial charge on any atom is -0.317 e. The zero-order valence-corrected chi connectivity index (χ0v) is 7.76. The van der Waals surface area contributed by atoms with E-state index in [9.17, 15) is 0 Å². The normalized spacial score (nSPS) is 23.7. The second kappa shape index (κ2) is 5.22. The average molecular weight is 165 g/mol. The summed E-state index contributed by atoms with van der Waals surface area (Å²) in [5, 5.41) is 0. The van der Waals surface area contributed by atoms with E-state index in [0.717, 1.165) is 0 Å². The third kappa shape index (κ3) is 2.87. The number of terminal acetylenes is 1. The van der Waals surface area contributed by atoms with Gasteiger partial charge in [0, 0.05) is 0 Å². The molecule has 0 aromatic carbocycles. The smallest absolute Gasteiger partial charge is 0.0690 e. The van der Waals surface area contributed by atoms with Crippen LogP contribution in [0, 0.1) is 18.3 Å². The lowest BCUT2D eigenvalue weighted by Gasteiger charge is -2.21. The van der Waals surface area contributed by atoms with Crippen molar-refractivity contribution in [3.05, 3.63) is 0 Å². The highest BCUT2D eigenvalue weighted by Crippen LogP contribution is 2.23. The Balaban J connectivity index is 2.35. The van der Waals surface area contributed by atoms with E-state index in [1.54, 1.807) is 0 Å². The molecule has 0 amide bonds. The topological polar surface area (TPSA) is 26.0 Å². The van der Waals surface area contributed by atoms with E-state index in [0.29, 0.717) is 5.92 Å². The SMILES string of the molecule is C#CC(N)C1CCCCCCC1. The molecular weight excluding hydrogens is 146 g/mol. The van der Waals surface area contributed by atoms with Crippen molar-refractivity contribution in [2.75, 3.05) is 0 Å². The van der Waals surface area contributed by atoms with Gasteiger partial charge in [0.15, 0.2) is 0 Å². The number of hydrogen-bond donors (Lipinski definition) is 1. The molecule has 1 heteroatoms. The number of rotatable bonds is 1. The van der Waals surface area contributed by atoms with Gasteiger partial charge in [0.1, 0.15) is 0 Å². The predicted octanol–water partition coefficient (Wildman–Crippen LogP) is 2.31. The molecule has 0 saturated heterocycles. The largest absolute Gasteiger partial charge is 0.317 e. The van der Waals surface area contributed by atoms with Gasteiger partial charge in [0.05, 0.1) is 6.04 Å². The Morgan fingerprint density at radius 1 is 1.08 bits per heavy atom. The molecule has 0 spiro atoms. The van der Waals surface area contributed by atoms with Crippen molar-refractivity contribution < 1.29 is 0 Å². The van der Waals surface area contributed by atoms with Crippen molar-refractivity contribution in [1.82, 2.24) is 0 Å². The maximum atomic E-state index is 5.83. The van der Waals surface area contributed by atoms with Gasteiger partial charge >= 0.3 is 0 Å². The third-order valence-corrected chi connectivity index (χ3v) is 2.85. The quantitative estimate of drug-likeness (QED) is 0.593. The van der Waals surface area contributed by atoms with Crippen LogP contribution in [0.15, 0.2) is 0 Å². The first kappa shape index (κ1) is 9.61. The summed E-state index contributed by atoms with van der Waals surface area (Å²) in [7, 11) is 0. The minimum absolute atomic E-state index is 0.00287. The second-order valence-electron chi connectivity index (χ2n) is 3.80. The van der Waals surface area contributed by atoms with Crippen molar-refractivity contribution >= 4 is 0 Å². The summed E-state index contributed by atoms with van der Waals surface area (Å²) in [5.41, 5.74) is 5.83. The van der Waals surface area contributed by atoms with Gasteiger partial charge in [0.2, 0.25) is 0 Å². The van der Waals surface area contributed by atoms with Crippen LogP contribution in [0.3, 0.4) is 0 Å². The van der Waals surface area contributed by atoms with Crippen LogP contribution in [0.25, 0.3) is 0 Å². The number of nitrogens with two attached hydrogens (primary N) is 1. The molecule has 0 aromatic heterocycles. The van der Waals surface area contributed by atoms with E-state index in [4.69, 9.17) is 12.2 Å². The maximum absolute atomic E-state index is 5.83. The molecule has 0 aliphatic heterocycles. The zero-order valence-electron chi connectivity index (χ0n) is 7.76. The van der Waals surface area contributed by atoms with Crippen molar-refractivity contribution in [1.29, 1.82) is 0 Å². The third-order valence-electron chi connectivity index (χ3n) is 2.85. The zero-order chi connectivity index (χ0) is 8.81. The highest BCUT2D eigenvalue weighted by atomic mass is 14.6.